The summed E-state index contributed by atoms with van der Waals surface area (Å²) in [5.41, 5.74) is 0.188. The molecule has 1 atom stereocenters. The van der Waals surface area contributed by atoms with Crippen molar-refractivity contribution in [3.05, 3.63) is 0 Å². The van der Waals surface area contributed by atoms with Gasteiger partial charge < -0.3 is 9.16 Å². The molecule has 1 unspecified atom stereocenters. The summed E-state index contributed by atoms with van der Waals surface area (Å²) in [7, 11) is -1.47. The zero-order valence-electron chi connectivity index (χ0n) is 12.5. The molecule has 0 N–H and O–H groups in total. The standard InChI is InChI=1S/C15H30O2Si/c1-4-18(5-2,6-3)17-15(12-14-13-16-14)10-8-7-9-11-15/h14H,4-13H2,1-3H3. The van der Waals surface area contributed by atoms with E-state index in [-0.39, 0.29) is 5.60 Å². The Morgan fingerprint density at radius 3 is 2.06 bits per heavy atom. The van der Waals surface area contributed by atoms with E-state index in [0.29, 0.717) is 6.10 Å². The van der Waals surface area contributed by atoms with Crippen LogP contribution in [0, 0.1) is 0 Å². The van der Waals surface area contributed by atoms with E-state index in [1.54, 1.807) is 0 Å². The lowest BCUT2D eigenvalue weighted by atomic mass is 9.82. The third kappa shape index (κ3) is 3.37. The lowest BCUT2D eigenvalue weighted by Gasteiger charge is -2.45. The largest absolute Gasteiger partial charge is 0.411 e. The minimum absolute atomic E-state index is 0.188. The Morgan fingerprint density at radius 1 is 1.06 bits per heavy atom. The number of ether oxygens (including phenoxy) is 1. The van der Waals surface area contributed by atoms with Gasteiger partial charge in [0.25, 0.3) is 0 Å². The maximum Gasteiger partial charge on any atom is 0.192 e. The van der Waals surface area contributed by atoms with Crippen LogP contribution in [0.5, 0.6) is 0 Å². The van der Waals surface area contributed by atoms with E-state index in [0.717, 1.165) is 6.61 Å². The van der Waals surface area contributed by atoms with Crippen molar-refractivity contribution in [2.24, 2.45) is 0 Å². The van der Waals surface area contributed by atoms with E-state index in [1.165, 1.54) is 56.7 Å². The highest BCUT2D eigenvalue weighted by Crippen LogP contribution is 2.42. The van der Waals surface area contributed by atoms with Crippen LogP contribution in [0.1, 0.15) is 59.3 Å². The van der Waals surface area contributed by atoms with Gasteiger partial charge in [-0.15, -0.1) is 0 Å². The minimum atomic E-state index is -1.47. The Hall–Kier alpha value is 0.137. The molecule has 0 radical (unpaired) electrons. The van der Waals surface area contributed by atoms with Crippen LogP contribution in [0.15, 0.2) is 0 Å². The molecule has 106 valence electrons. The second kappa shape index (κ2) is 6.06. The van der Waals surface area contributed by atoms with Gasteiger partial charge in [-0.25, -0.2) is 0 Å². The molecule has 18 heavy (non-hydrogen) atoms. The number of epoxide rings is 1. The fraction of sp³-hybridized carbons (Fsp3) is 1.00. The first-order chi connectivity index (χ1) is 8.67. The molecule has 1 heterocycles. The fourth-order valence-electron chi connectivity index (χ4n) is 3.57. The first kappa shape index (κ1) is 14.5. The molecular weight excluding hydrogens is 240 g/mol. The molecule has 0 aromatic heterocycles. The Balaban J connectivity index is 2.06. The summed E-state index contributed by atoms with van der Waals surface area (Å²) >= 11 is 0. The Bertz CT molecular complexity index is 245. The summed E-state index contributed by atoms with van der Waals surface area (Å²) in [4.78, 5) is 0. The van der Waals surface area contributed by atoms with Crippen LogP contribution in [0.2, 0.25) is 18.1 Å². The summed E-state index contributed by atoms with van der Waals surface area (Å²) < 4.78 is 12.4. The van der Waals surface area contributed by atoms with Crippen LogP contribution in [0.4, 0.5) is 0 Å². The molecule has 2 fully saturated rings. The first-order valence-electron chi connectivity index (χ1n) is 7.99. The topological polar surface area (TPSA) is 21.8 Å². The van der Waals surface area contributed by atoms with Gasteiger partial charge in [-0.3, -0.25) is 0 Å². The third-order valence-corrected chi connectivity index (χ3v) is 9.86. The van der Waals surface area contributed by atoms with Crippen molar-refractivity contribution in [1.82, 2.24) is 0 Å². The second-order valence-corrected chi connectivity index (χ2v) is 10.9. The van der Waals surface area contributed by atoms with Crippen molar-refractivity contribution in [2.75, 3.05) is 6.61 Å². The Morgan fingerprint density at radius 2 is 1.61 bits per heavy atom. The zero-order chi connectivity index (χ0) is 13.1. The lowest BCUT2D eigenvalue weighted by Crippen LogP contribution is -2.49. The monoisotopic (exact) mass is 270 g/mol. The van der Waals surface area contributed by atoms with Crippen LogP contribution >= 0.6 is 0 Å². The van der Waals surface area contributed by atoms with Gasteiger partial charge in [0.2, 0.25) is 0 Å². The summed E-state index contributed by atoms with van der Waals surface area (Å²) in [6.07, 6.45) is 8.35. The highest BCUT2D eigenvalue weighted by Gasteiger charge is 2.44. The van der Waals surface area contributed by atoms with Crippen molar-refractivity contribution in [3.63, 3.8) is 0 Å². The highest BCUT2D eigenvalue weighted by molar-refractivity contribution is 6.73. The third-order valence-electron chi connectivity index (χ3n) is 5.13. The summed E-state index contributed by atoms with van der Waals surface area (Å²) in [5, 5.41) is 0. The SMILES string of the molecule is CC[Si](CC)(CC)OC1(CC2CO2)CCCCC1. The molecule has 0 bridgehead atoms. The molecule has 0 amide bonds. The summed E-state index contributed by atoms with van der Waals surface area (Å²) in [6.45, 7) is 7.99. The minimum Gasteiger partial charge on any atom is -0.411 e. The molecule has 0 spiro atoms. The molecule has 2 rings (SSSR count). The molecule has 1 saturated heterocycles. The average molecular weight is 270 g/mol. The molecule has 0 aromatic rings. The van der Waals surface area contributed by atoms with Crippen LogP contribution in [0.25, 0.3) is 0 Å². The molecule has 2 aliphatic rings. The highest BCUT2D eigenvalue weighted by atomic mass is 28.4. The molecule has 2 nitrogen and oxygen atoms in total. The molecule has 0 aromatic carbocycles. The van der Waals surface area contributed by atoms with E-state index in [1.807, 2.05) is 0 Å². The van der Waals surface area contributed by atoms with E-state index in [9.17, 15) is 0 Å². The van der Waals surface area contributed by atoms with Crippen molar-refractivity contribution < 1.29 is 9.16 Å². The zero-order valence-corrected chi connectivity index (χ0v) is 13.5. The van der Waals surface area contributed by atoms with Crippen molar-refractivity contribution in [2.45, 2.75) is 89.1 Å². The average Bonchev–Trinajstić information content (AvgIpc) is 3.21. The van der Waals surface area contributed by atoms with Crippen LogP contribution < -0.4 is 0 Å². The maximum atomic E-state index is 6.92. The number of hydrogen-bond donors (Lipinski definition) is 0. The molecular formula is C15H30O2Si. The second-order valence-electron chi connectivity index (χ2n) is 6.25. The van der Waals surface area contributed by atoms with Crippen molar-refractivity contribution >= 4 is 8.32 Å². The fourth-order valence-corrected chi connectivity index (χ4v) is 6.71. The van der Waals surface area contributed by atoms with Gasteiger partial charge in [0.15, 0.2) is 8.32 Å². The summed E-state index contributed by atoms with van der Waals surface area (Å²) in [5.74, 6) is 0. The summed E-state index contributed by atoms with van der Waals surface area (Å²) in [6, 6.07) is 3.81. The van der Waals surface area contributed by atoms with Crippen molar-refractivity contribution in [1.29, 1.82) is 0 Å². The Labute approximate surface area is 114 Å². The normalized spacial score (nSPS) is 27.2. The van der Waals surface area contributed by atoms with E-state index < -0.39 is 8.32 Å². The Kier molecular flexibility index (Phi) is 4.90. The van der Waals surface area contributed by atoms with Gasteiger partial charge in [0, 0.05) is 6.42 Å². The molecule has 1 aliphatic heterocycles. The van der Waals surface area contributed by atoms with Crippen LogP contribution in [-0.2, 0) is 9.16 Å². The predicted octanol–water partition coefficient (Wildman–Crippen LogP) is 4.50. The van der Waals surface area contributed by atoms with E-state index in [2.05, 4.69) is 20.8 Å². The lowest BCUT2D eigenvalue weighted by molar-refractivity contribution is 0.00466. The van der Waals surface area contributed by atoms with Crippen molar-refractivity contribution in [3.8, 4) is 0 Å². The predicted molar refractivity (Wildman–Crippen MR) is 78.5 cm³/mol. The molecule has 1 aliphatic carbocycles. The number of hydrogen-bond acceptors (Lipinski definition) is 2. The first-order valence-corrected chi connectivity index (χ1v) is 10.5. The van der Waals surface area contributed by atoms with Gasteiger partial charge in [0.05, 0.1) is 18.3 Å². The van der Waals surface area contributed by atoms with Gasteiger partial charge in [-0.2, -0.15) is 0 Å². The maximum absolute atomic E-state index is 6.92. The van der Waals surface area contributed by atoms with Gasteiger partial charge in [0.1, 0.15) is 0 Å². The van der Waals surface area contributed by atoms with E-state index in [4.69, 9.17) is 9.16 Å². The van der Waals surface area contributed by atoms with Gasteiger partial charge in [-0.1, -0.05) is 40.0 Å². The molecule has 3 heteroatoms. The quantitative estimate of drug-likeness (QED) is 0.502. The van der Waals surface area contributed by atoms with Crippen LogP contribution in [-0.4, -0.2) is 26.6 Å². The number of rotatable bonds is 7. The smallest absolute Gasteiger partial charge is 0.192 e. The van der Waals surface area contributed by atoms with E-state index >= 15 is 0 Å². The van der Waals surface area contributed by atoms with Gasteiger partial charge >= 0.3 is 0 Å². The van der Waals surface area contributed by atoms with Crippen LogP contribution in [0.3, 0.4) is 0 Å². The molecule has 1 saturated carbocycles. The van der Waals surface area contributed by atoms with Gasteiger partial charge in [-0.05, 0) is 31.0 Å².